The third kappa shape index (κ3) is 4.45. The molecule has 0 amide bonds. The number of allylic oxidation sites excluding steroid dienone is 2. The first-order valence-corrected chi connectivity index (χ1v) is 6.94. The maximum atomic E-state index is 12.0. The molecule has 0 aromatic carbocycles. The smallest absolute Gasteiger partial charge is 0.162 e. The first kappa shape index (κ1) is 14.1. The molecular formula is C15H24O2. The van der Waals surface area contributed by atoms with Crippen molar-refractivity contribution in [2.24, 2.45) is 5.92 Å². The van der Waals surface area contributed by atoms with Crippen LogP contribution in [0.4, 0.5) is 0 Å². The van der Waals surface area contributed by atoms with Crippen LogP contribution in [0.3, 0.4) is 0 Å². The minimum atomic E-state index is -0.0364. The summed E-state index contributed by atoms with van der Waals surface area (Å²) in [7, 11) is 0. The molecule has 0 aliphatic heterocycles. The van der Waals surface area contributed by atoms with Gasteiger partial charge in [0.05, 0.1) is 0 Å². The fraction of sp³-hybridized carbons (Fsp3) is 0.733. The zero-order chi connectivity index (χ0) is 12.7. The highest BCUT2D eigenvalue weighted by Gasteiger charge is 2.27. The molecule has 0 spiro atoms. The average Bonchev–Trinajstić information content (AvgIpc) is 2.62. The number of ketones is 2. The minimum Gasteiger partial charge on any atom is -0.300 e. The molecule has 1 rings (SSSR count). The van der Waals surface area contributed by atoms with Gasteiger partial charge in [-0.25, -0.2) is 0 Å². The van der Waals surface area contributed by atoms with Crippen molar-refractivity contribution >= 4 is 11.6 Å². The molecule has 0 saturated heterocycles. The Morgan fingerprint density at radius 3 is 2.71 bits per heavy atom. The van der Waals surface area contributed by atoms with Crippen molar-refractivity contribution in [1.82, 2.24) is 0 Å². The summed E-state index contributed by atoms with van der Waals surface area (Å²) >= 11 is 0. The molecule has 0 saturated carbocycles. The van der Waals surface area contributed by atoms with Gasteiger partial charge in [-0.2, -0.15) is 0 Å². The molecular weight excluding hydrogens is 212 g/mol. The van der Waals surface area contributed by atoms with Gasteiger partial charge in [0, 0.05) is 18.8 Å². The van der Waals surface area contributed by atoms with Gasteiger partial charge in [0.2, 0.25) is 0 Å². The molecule has 0 fully saturated rings. The highest BCUT2D eigenvalue weighted by molar-refractivity contribution is 6.01. The molecule has 0 aromatic rings. The molecule has 0 heterocycles. The van der Waals surface area contributed by atoms with Crippen LogP contribution in [0, 0.1) is 5.92 Å². The molecule has 1 aliphatic rings. The fourth-order valence-corrected chi connectivity index (χ4v) is 2.38. The second-order valence-electron chi connectivity index (χ2n) is 4.98. The third-order valence-corrected chi connectivity index (χ3v) is 3.39. The SMILES string of the molecule is CCCCCC1=CCC(CC(=O)CCC)C1=O. The van der Waals surface area contributed by atoms with Gasteiger partial charge in [0.1, 0.15) is 5.78 Å². The van der Waals surface area contributed by atoms with E-state index in [-0.39, 0.29) is 17.5 Å². The van der Waals surface area contributed by atoms with E-state index in [2.05, 4.69) is 13.0 Å². The van der Waals surface area contributed by atoms with Crippen LogP contribution >= 0.6 is 0 Å². The Hall–Kier alpha value is -0.920. The Morgan fingerprint density at radius 2 is 2.06 bits per heavy atom. The molecule has 0 bridgehead atoms. The summed E-state index contributed by atoms with van der Waals surface area (Å²) in [5, 5.41) is 0. The Morgan fingerprint density at radius 1 is 1.29 bits per heavy atom. The number of carbonyl (C=O) groups is 2. The van der Waals surface area contributed by atoms with Crippen LogP contribution in [0.5, 0.6) is 0 Å². The summed E-state index contributed by atoms with van der Waals surface area (Å²) in [6, 6.07) is 0. The maximum absolute atomic E-state index is 12.0. The Bertz CT molecular complexity index is 302. The van der Waals surface area contributed by atoms with Crippen molar-refractivity contribution in [2.45, 2.75) is 65.2 Å². The highest BCUT2D eigenvalue weighted by Crippen LogP contribution is 2.28. The lowest BCUT2D eigenvalue weighted by atomic mass is 9.94. The molecule has 1 atom stereocenters. The van der Waals surface area contributed by atoms with Gasteiger partial charge >= 0.3 is 0 Å². The predicted molar refractivity (Wildman–Crippen MR) is 69.9 cm³/mol. The molecule has 2 nitrogen and oxygen atoms in total. The summed E-state index contributed by atoms with van der Waals surface area (Å²) < 4.78 is 0. The number of hydrogen-bond acceptors (Lipinski definition) is 2. The van der Waals surface area contributed by atoms with E-state index in [0.29, 0.717) is 12.8 Å². The number of rotatable bonds is 8. The Balaban J connectivity index is 2.34. The third-order valence-electron chi connectivity index (χ3n) is 3.39. The van der Waals surface area contributed by atoms with Crippen LogP contribution in [0.2, 0.25) is 0 Å². The lowest BCUT2D eigenvalue weighted by Crippen LogP contribution is -2.15. The van der Waals surface area contributed by atoms with E-state index < -0.39 is 0 Å². The van der Waals surface area contributed by atoms with Crippen molar-refractivity contribution < 1.29 is 9.59 Å². The minimum absolute atomic E-state index is 0.0364. The van der Waals surface area contributed by atoms with Gasteiger partial charge < -0.3 is 0 Å². The fourth-order valence-electron chi connectivity index (χ4n) is 2.38. The van der Waals surface area contributed by atoms with Crippen molar-refractivity contribution in [3.8, 4) is 0 Å². The quantitative estimate of drug-likeness (QED) is 0.600. The molecule has 1 aliphatic carbocycles. The van der Waals surface area contributed by atoms with Crippen LogP contribution in [0.15, 0.2) is 11.6 Å². The molecule has 17 heavy (non-hydrogen) atoms. The van der Waals surface area contributed by atoms with Crippen molar-refractivity contribution in [1.29, 1.82) is 0 Å². The van der Waals surface area contributed by atoms with E-state index in [1.807, 2.05) is 6.92 Å². The topological polar surface area (TPSA) is 34.1 Å². The van der Waals surface area contributed by atoms with Gasteiger partial charge in [0.25, 0.3) is 0 Å². The van der Waals surface area contributed by atoms with Crippen LogP contribution < -0.4 is 0 Å². The van der Waals surface area contributed by atoms with Crippen LogP contribution in [-0.4, -0.2) is 11.6 Å². The number of hydrogen-bond donors (Lipinski definition) is 0. The van der Waals surface area contributed by atoms with E-state index >= 15 is 0 Å². The van der Waals surface area contributed by atoms with E-state index in [9.17, 15) is 9.59 Å². The summed E-state index contributed by atoms with van der Waals surface area (Å²) in [5.41, 5.74) is 0.979. The number of Topliss-reactive ketones (excluding diaryl/α,β-unsaturated/α-hetero) is 2. The molecule has 0 radical (unpaired) electrons. The first-order chi connectivity index (χ1) is 8.19. The lowest BCUT2D eigenvalue weighted by molar-refractivity contribution is -0.125. The van der Waals surface area contributed by atoms with Gasteiger partial charge in [0.15, 0.2) is 5.78 Å². The van der Waals surface area contributed by atoms with Crippen molar-refractivity contribution in [3.63, 3.8) is 0 Å². The number of unbranched alkanes of at least 4 members (excludes halogenated alkanes) is 2. The van der Waals surface area contributed by atoms with Crippen LogP contribution in [-0.2, 0) is 9.59 Å². The maximum Gasteiger partial charge on any atom is 0.162 e. The molecule has 1 unspecified atom stereocenters. The van der Waals surface area contributed by atoms with Gasteiger partial charge in [-0.1, -0.05) is 32.8 Å². The van der Waals surface area contributed by atoms with E-state index in [4.69, 9.17) is 0 Å². The standard InChI is InChI=1S/C15H24O2/c1-3-5-6-8-12-9-10-13(15(12)17)11-14(16)7-4-2/h9,13H,3-8,10-11H2,1-2H3. The predicted octanol–water partition coefficient (Wildman–Crippen LogP) is 3.84. The van der Waals surface area contributed by atoms with E-state index in [1.165, 1.54) is 12.8 Å². The summed E-state index contributed by atoms with van der Waals surface area (Å²) in [6.45, 7) is 4.17. The van der Waals surface area contributed by atoms with Crippen LogP contribution in [0.1, 0.15) is 65.2 Å². The zero-order valence-electron chi connectivity index (χ0n) is 11.1. The van der Waals surface area contributed by atoms with Crippen LogP contribution in [0.25, 0.3) is 0 Å². The van der Waals surface area contributed by atoms with Crippen molar-refractivity contribution in [2.75, 3.05) is 0 Å². The normalized spacial score (nSPS) is 19.5. The Labute approximate surface area is 104 Å². The molecule has 0 aromatic heterocycles. The largest absolute Gasteiger partial charge is 0.300 e. The lowest BCUT2D eigenvalue weighted by Gasteiger charge is -2.08. The van der Waals surface area contributed by atoms with Gasteiger partial charge in [-0.05, 0) is 31.3 Å². The highest BCUT2D eigenvalue weighted by atomic mass is 16.1. The second kappa shape index (κ2) is 7.41. The number of carbonyl (C=O) groups excluding carboxylic acids is 2. The summed E-state index contributed by atoms with van der Waals surface area (Å²) in [6.07, 6.45) is 9.18. The first-order valence-electron chi connectivity index (χ1n) is 6.94. The monoisotopic (exact) mass is 236 g/mol. The van der Waals surface area contributed by atoms with Gasteiger partial charge in [-0.15, -0.1) is 0 Å². The van der Waals surface area contributed by atoms with Crippen molar-refractivity contribution in [3.05, 3.63) is 11.6 Å². The summed E-state index contributed by atoms with van der Waals surface area (Å²) in [5.74, 6) is 0.449. The summed E-state index contributed by atoms with van der Waals surface area (Å²) in [4.78, 5) is 23.6. The van der Waals surface area contributed by atoms with Gasteiger partial charge in [-0.3, -0.25) is 9.59 Å². The molecule has 2 heteroatoms. The van der Waals surface area contributed by atoms with E-state index in [1.54, 1.807) is 0 Å². The second-order valence-corrected chi connectivity index (χ2v) is 4.98. The molecule has 96 valence electrons. The zero-order valence-corrected chi connectivity index (χ0v) is 11.1. The van der Waals surface area contributed by atoms with E-state index in [0.717, 1.165) is 31.3 Å². The Kier molecular flexibility index (Phi) is 6.17. The average molecular weight is 236 g/mol. The molecule has 0 N–H and O–H groups in total.